The Hall–Kier alpha value is -0.330. The van der Waals surface area contributed by atoms with Crippen molar-refractivity contribution in [2.45, 2.75) is 44.8 Å². The summed E-state index contributed by atoms with van der Waals surface area (Å²) in [5.74, 6) is 0.481. The molecule has 0 aromatic heterocycles. The lowest BCUT2D eigenvalue weighted by molar-refractivity contribution is -0.174. The maximum absolute atomic E-state index is 12.0. The van der Waals surface area contributed by atoms with Gasteiger partial charge in [0.2, 0.25) is 0 Å². The van der Waals surface area contributed by atoms with Gasteiger partial charge in [-0.2, -0.15) is 13.2 Å². The number of halogens is 3. The fourth-order valence-electron chi connectivity index (χ4n) is 2.35. The molecule has 1 N–H and O–H groups in total. The Balaban J connectivity index is 2.28. The second-order valence-corrected chi connectivity index (χ2v) is 4.97. The van der Waals surface area contributed by atoms with Crippen molar-refractivity contribution in [3.8, 4) is 0 Å². The highest BCUT2D eigenvalue weighted by molar-refractivity contribution is 4.78. The van der Waals surface area contributed by atoms with Crippen LogP contribution < -0.4 is 5.32 Å². The van der Waals surface area contributed by atoms with Gasteiger partial charge >= 0.3 is 6.18 Å². The Morgan fingerprint density at radius 3 is 2.58 bits per heavy atom. The molecule has 1 fully saturated rings. The standard InChI is InChI=1S/C13H24F3NO2/c1-2-6-17-12(11-3-7-18-8-4-11)5-9-19-10-13(14,15)16/h11-12,17H,2-10H2,1H3. The van der Waals surface area contributed by atoms with Crippen LogP contribution in [0.5, 0.6) is 0 Å². The first-order valence-corrected chi connectivity index (χ1v) is 6.98. The Labute approximate surface area is 112 Å². The molecule has 1 aliphatic rings. The van der Waals surface area contributed by atoms with E-state index in [4.69, 9.17) is 9.47 Å². The number of hydrogen-bond acceptors (Lipinski definition) is 3. The SMILES string of the molecule is CCCNC(CCOCC(F)(F)F)C1CCOCC1. The van der Waals surface area contributed by atoms with Crippen LogP contribution in [0.4, 0.5) is 13.2 Å². The molecule has 0 saturated carbocycles. The van der Waals surface area contributed by atoms with E-state index in [0.29, 0.717) is 12.3 Å². The summed E-state index contributed by atoms with van der Waals surface area (Å²) in [4.78, 5) is 0. The van der Waals surface area contributed by atoms with Gasteiger partial charge < -0.3 is 14.8 Å². The van der Waals surface area contributed by atoms with Crippen molar-refractivity contribution in [2.24, 2.45) is 5.92 Å². The third-order valence-electron chi connectivity index (χ3n) is 3.33. The zero-order valence-electron chi connectivity index (χ0n) is 11.5. The minimum atomic E-state index is -4.23. The molecular formula is C13H24F3NO2. The molecule has 0 radical (unpaired) electrons. The number of ether oxygens (including phenoxy) is 2. The quantitative estimate of drug-likeness (QED) is 0.695. The number of rotatable bonds is 8. The minimum absolute atomic E-state index is 0.151. The normalized spacial score (nSPS) is 19.6. The second-order valence-electron chi connectivity index (χ2n) is 4.97. The van der Waals surface area contributed by atoms with E-state index in [1.807, 2.05) is 0 Å². The molecule has 0 amide bonds. The van der Waals surface area contributed by atoms with Crippen molar-refractivity contribution in [2.75, 3.05) is 33.0 Å². The average Bonchev–Trinajstić information content (AvgIpc) is 2.38. The van der Waals surface area contributed by atoms with Gasteiger partial charge in [-0.1, -0.05) is 6.92 Å². The highest BCUT2D eigenvalue weighted by atomic mass is 19.4. The van der Waals surface area contributed by atoms with Crippen molar-refractivity contribution in [3.63, 3.8) is 0 Å². The smallest absolute Gasteiger partial charge is 0.381 e. The summed E-state index contributed by atoms with van der Waals surface area (Å²) < 4.78 is 46.0. The minimum Gasteiger partial charge on any atom is -0.381 e. The zero-order chi connectivity index (χ0) is 14.1. The molecule has 1 rings (SSSR count). The lowest BCUT2D eigenvalue weighted by Gasteiger charge is -2.31. The Morgan fingerprint density at radius 1 is 1.32 bits per heavy atom. The van der Waals surface area contributed by atoms with Crippen LogP contribution in [0.25, 0.3) is 0 Å². The summed E-state index contributed by atoms with van der Waals surface area (Å²) in [6.07, 6.45) is -0.643. The third kappa shape index (κ3) is 7.74. The van der Waals surface area contributed by atoms with Crippen LogP contribution in [0.2, 0.25) is 0 Å². The van der Waals surface area contributed by atoms with Crippen LogP contribution in [-0.2, 0) is 9.47 Å². The maximum atomic E-state index is 12.0. The van der Waals surface area contributed by atoms with Crippen LogP contribution in [0.1, 0.15) is 32.6 Å². The number of hydrogen-bond donors (Lipinski definition) is 1. The van der Waals surface area contributed by atoms with Crippen LogP contribution in [0.3, 0.4) is 0 Å². The van der Waals surface area contributed by atoms with Gasteiger partial charge in [0, 0.05) is 25.9 Å². The molecule has 19 heavy (non-hydrogen) atoms. The van der Waals surface area contributed by atoms with E-state index in [0.717, 1.165) is 39.0 Å². The first-order chi connectivity index (χ1) is 9.03. The summed E-state index contributed by atoms with van der Waals surface area (Å²) >= 11 is 0. The fourth-order valence-corrected chi connectivity index (χ4v) is 2.35. The van der Waals surface area contributed by atoms with Crippen LogP contribution in [-0.4, -0.2) is 45.2 Å². The summed E-state index contributed by atoms with van der Waals surface area (Å²) in [6, 6.07) is 0.233. The Bertz CT molecular complexity index is 230. The van der Waals surface area contributed by atoms with E-state index in [2.05, 4.69) is 12.2 Å². The van der Waals surface area contributed by atoms with Crippen LogP contribution >= 0.6 is 0 Å². The van der Waals surface area contributed by atoms with Crippen molar-refractivity contribution < 1.29 is 22.6 Å². The third-order valence-corrected chi connectivity index (χ3v) is 3.33. The van der Waals surface area contributed by atoms with Gasteiger partial charge in [0.05, 0.1) is 0 Å². The topological polar surface area (TPSA) is 30.5 Å². The highest BCUT2D eigenvalue weighted by Gasteiger charge is 2.28. The van der Waals surface area contributed by atoms with E-state index in [1.54, 1.807) is 0 Å². The van der Waals surface area contributed by atoms with Crippen molar-refractivity contribution in [1.82, 2.24) is 5.32 Å². The largest absolute Gasteiger partial charge is 0.411 e. The van der Waals surface area contributed by atoms with Crippen molar-refractivity contribution in [1.29, 1.82) is 0 Å². The highest BCUT2D eigenvalue weighted by Crippen LogP contribution is 2.21. The summed E-state index contributed by atoms with van der Waals surface area (Å²) in [6.45, 7) is 3.46. The summed E-state index contributed by atoms with van der Waals surface area (Å²) in [5, 5.41) is 3.42. The zero-order valence-corrected chi connectivity index (χ0v) is 11.5. The van der Waals surface area contributed by atoms with Gasteiger partial charge in [0.15, 0.2) is 0 Å². The molecule has 1 saturated heterocycles. The Morgan fingerprint density at radius 2 is 2.00 bits per heavy atom. The second kappa shape index (κ2) is 8.76. The first kappa shape index (κ1) is 16.7. The average molecular weight is 283 g/mol. The summed E-state index contributed by atoms with van der Waals surface area (Å²) in [7, 11) is 0. The van der Waals surface area contributed by atoms with Crippen LogP contribution in [0.15, 0.2) is 0 Å². The predicted octanol–water partition coefficient (Wildman–Crippen LogP) is 2.75. The fraction of sp³-hybridized carbons (Fsp3) is 1.00. The van der Waals surface area contributed by atoms with Crippen molar-refractivity contribution in [3.05, 3.63) is 0 Å². The van der Waals surface area contributed by atoms with Gasteiger partial charge in [-0.15, -0.1) is 0 Å². The van der Waals surface area contributed by atoms with E-state index >= 15 is 0 Å². The molecule has 0 aliphatic carbocycles. The predicted molar refractivity (Wildman–Crippen MR) is 67.1 cm³/mol. The maximum Gasteiger partial charge on any atom is 0.411 e. The van der Waals surface area contributed by atoms with Gasteiger partial charge in [-0.05, 0) is 38.1 Å². The lowest BCUT2D eigenvalue weighted by Crippen LogP contribution is -2.40. The van der Waals surface area contributed by atoms with Crippen LogP contribution in [0, 0.1) is 5.92 Å². The van der Waals surface area contributed by atoms with Gasteiger partial charge in [0.1, 0.15) is 6.61 Å². The molecule has 0 bridgehead atoms. The molecule has 1 aliphatic heterocycles. The van der Waals surface area contributed by atoms with E-state index in [1.165, 1.54) is 0 Å². The number of alkyl halides is 3. The molecule has 1 heterocycles. The molecule has 1 unspecified atom stereocenters. The lowest BCUT2D eigenvalue weighted by atomic mass is 9.90. The molecule has 0 aromatic rings. The first-order valence-electron chi connectivity index (χ1n) is 6.98. The van der Waals surface area contributed by atoms with Gasteiger partial charge in [-0.25, -0.2) is 0 Å². The molecular weight excluding hydrogens is 259 g/mol. The molecule has 114 valence electrons. The monoisotopic (exact) mass is 283 g/mol. The number of nitrogens with one attached hydrogen (secondary N) is 1. The van der Waals surface area contributed by atoms with E-state index < -0.39 is 12.8 Å². The Kier molecular flexibility index (Phi) is 7.71. The molecule has 6 heteroatoms. The van der Waals surface area contributed by atoms with Crippen molar-refractivity contribution >= 4 is 0 Å². The van der Waals surface area contributed by atoms with Gasteiger partial charge in [-0.3, -0.25) is 0 Å². The van der Waals surface area contributed by atoms with Gasteiger partial charge in [0.25, 0.3) is 0 Å². The van der Waals surface area contributed by atoms with E-state index in [9.17, 15) is 13.2 Å². The summed E-state index contributed by atoms with van der Waals surface area (Å²) in [5.41, 5.74) is 0. The molecule has 0 spiro atoms. The molecule has 0 aromatic carbocycles. The van der Waals surface area contributed by atoms with E-state index in [-0.39, 0.29) is 12.6 Å². The molecule has 1 atom stereocenters. The molecule has 3 nitrogen and oxygen atoms in total.